The molecule has 0 radical (unpaired) electrons. The van der Waals surface area contributed by atoms with Crippen molar-refractivity contribution in [1.29, 1.82) is 0 Å². The number of carbonyl (C=O) groups is 1. The average Bonchev–Trinajstić information content (AvgIpc) is 2.73. The molecule has 30 heavy (non-hydrogen) atoms. The van der Waals surface area contributed by atoms with Crippen molar-refractivity contribution < 1.29 is 17.6 Å². The van der Waals surface area contributed by atoms with E-state index in [4.69, 9.17) is 11.6 Å². The molecule has 5 nitrogen and oxygen atoms in total. The van der Waals surface area contributed by atoms with Crippen LogP contribution in [0.2, 0.25) is 5.02 Å². The van der Waals surface area contributed by atoms with E-state index in [1.807, 2.05) is 30.3 Å². The molecule has 2 N–H and O–H groups in total. The van der Waals surface area contributed by atoms with Crippen LogP contribution < -0.4 is 10.0 Å². The molecule has 0 fully saturated rings. The summed E-state index contributed by atoms with van der Waals surface area (Å²) in [6.45, 7) is 0.425. The number of benzene rings is 3. The Morgan fingerprint density at radius 1 is 0.967 bits per heavy atom. The van der Waals surface area contributed by atoms with Crippen molar-refractivity contribution in [3.05, 3.63) is 94.8 Å². The van der Waals surface area contributed by atoms with Crippen LogP contribution in [0.5, 0.6) is 0 Å². The number of amides is 1. The molecule has 3 aromatic carbocycles. The van der Waals surface area contributed by atoms with Crippen molar-refractivity contribution in [2.75, 3.05) is 11.3 Å². The van der Waals surface area contributed by atoms with Gasteiger partial charge in [0.25, 0.3) is 15.9 Å². The van der Waals surface area contributed by atoms with Gasteiger partial charge in [0.15, 0.2) is 0 Å². The Labute approximate surface area is 179 Å². The predicted molar refractivity (Wildman–Crippen MR) is 116 cm³/mol. The first-order valence-corrected chi connectivity index (χ1v) is 11.1. The highest BCUT2D eigenvalue weighted by atomic mass is 35.5. The minimum Gasteiger partial charge on any atom is -0.352 e. The molecule has 0 atom stereocenters. The first-order valence-electron chi connectivity index (χ1n) is 9.25. The number of hydrogen-bond acceptors (Lipinski definition) is 3. The van der Waals surface area contributed by atoms with Crippen molar-refractivity contribution in [2.45, 2.75) is 17.7 Å². The fourth-order valence-corrected chi connectivity index (χ4v) is 4.10. The van der Waals surface area contributed by atoms with E-state index in [2.05, 4.69) is 10.0 Å². The number of hydrogen-bond donors (Lipinski definition) is 2. The van der Waals surface area contributed by atoms with E-state index in [1.165, 1.54) is 35.9 Å². The molecule has 1 amide bonds. The number of nitrogens with one attached hydrogen (secondary N) is 2. The summed E-state index contributed by atoms with van der Waals surface area (Å²) in [7, 11) is -3.97. The standard InChI is InChI=1S/C22H20ClFN2O3S/c23-21-13-12-19(30(28,29)26-18-10-8-17(24)9-11-18)15-20(21)22(27)25-14-4-7-16-5-2-1-3-6-16/h1-3,5-6,8-13,15,26H,4,7,14H2,(H,25,27). The fraction of sp³-hybridized carbons (Fsp3) is 0.136. The molecule has 3 rings (SSSR count). The number of sulfonamides is 1. The summed E-state index contributed by atoms with van der Waals surface area (Å²) in [5, 5.41) is 2.91. The molecule has 0 aliphatic carbocycles. The largest absolute Gasteiger partial charge is 0.352 e. The molecule has 0 aromatic heterocycles. The van der Waals surface area contributed by atoms with E-state index in [0.29, 0.717) is 6.54 Å². The normalized spacial score (nSPS) is 11.1. The van der Waals surface area contributed by atoms with Crippen LogP contribution in [0.1, 0.15) is 22.3 Å². The van der Waals surface area contributed by atoms with Gasteiger partial charge in [-0.1, -0.05) is 41.9 Å². The molecule has 0 saturated carbocycles. The van der Waals surface area contributed by atoms with Gasteiger partial charge in [-0.15, -0.1) is 0 Å². The van der Waals surface area contributed by atoms with Crippen molar-refractivity contribution in [2.24, 2.45) is 0 Å². The van der Waals surface area contributed by atoms with Gasteiger partial charge < -0.3 is 5.32 Å². The van der Waals surface area contributed by atoms with Crippen LogP contribution in [-0.2, 0) is 16.4 Å². The highest BCUT2D eigenvalue weighted by molar-refractivity contribution is 7.92. The number of anilines is 1. The molecule has 3 aromatic rings. The lowest BCUT2D eigenvalue weighted by Gasteiger charge is -2.11. The third kappa shape index (κ3) is 5.81. The molecule has 0 unspecified atom stereocenters. The van der Waals surface area contributed by atoms with Crippen molar-refractivity contribution >= 4 is 33.2 Å². The van der Waals surface area contributed by atoms with Crippen LogP contribution in [0.4, 0.5) is 10.1 Å². The highest BCUT2D eigenvalue weighted by Crippen LogP contribution is 2.23. The Balaban J connectivity index is 1.66. The van der Waals surface area contributed by atoms with E-state index < -0.39 is 21.7 Å². The Hall–Kier alpha value is -2.90. The lowest BCUT2D eigenvalue weighted by atomic mass is 10.1. The SMILES string of the molecule is O=C(NCCCc1ccccc1)c1cc(S(=O)(=O)Nc2ccc(F)cc2)ccc1Cl. The van der Waals surface area contributed by atoms with Crippen LogP contribution in [0, 0.1) is 5.82 Å². The van der Waals surface area contributed by atoms with E-state index in [9.17, 15) is 17.6 Å². The molecule has 0 aliphatic rings. The fourth-order valence-electron chi connectivity index (χ4n) is 2.81. The molecular weight excluding hydrogens is 427 g/mol. The summed E-state index contributed by atoms with van der Waals surface area (Å²) in [4.78, 5) is 12.4. The van der Waals surface area contributed by atoms with Gasteiger partial charge in [-0.2, -0.15) is 0 Å². The van der Waals surface area contributed by atoms with Crippen molar-refractivity contribution in [1.82, 2.24) is 5.32 Å². The second kappa shape index (κ2) is 9.73. The number of carbonyl (C=O) groups excluding carboxylic acids is 1. The smallest absolute Gasteiger partial charge is 0.261 e. The van der Waals surface area contributed by atoms with Gasteiger partial charge in [0.05, 0.1) is 15.5 Å². The summed E-state index contributed by atoms with van der Waals surface area (Å²) in [6.07, 6.45) is 1.54. The second-order valence-corrected chi connectivity index (χ2v) is 8.69. The van der Waals surface area contributed by atoms with Crippen molar-refractivity contribution in [3.8, 4) is 0 Å². The average molecular weight is 447 g/mol. The molecule has 156 valence electrons. The molecule has 0 aliphatic heterocycles. The number of aryl methyl sites for hydroxylation is 1. The molecule has 0 spiro atoms. The van der Waals surface area contributed by atoms with Gasteiger partial charge in [-0.05, 0) is 60.9 Å². The highest BCUT2D eigenvalue weighted by Gasteiger charge is 2.19. The lowest BCUT2D eigenvalue weighted by molar-refractivity contribution is 0.0953. The maximum atomic E-state index is 13.0. The Morgan fingerprint density at radius 3 is 2.37 bits per heavy atom. The summed E-state index contributed by atoms with van der Waals surface area (Å²) < 4.78 is 40.6. The van der Waals surface area contributed by atoms with Gasteiger partial charge in [-0.3, -0.25) is 9.52 Å². The molecule has 0 bridgehead atoms. The second-order valence-electron chi connectivity index (χ2n) is 6.60. The predicted octanol–water partition coefficient (Wildman–Crippen LogP) is 4.64. The van der Waals surface area contributed by atoms with E-state index in [-0.39, 0.29) is 21.2 Å². The van der Waals surface area contributed by atoms with Crippen LogP contribution in [0.3, 0.4) is 0 Å². The zero-order chi connectivity index (χ0) is 21.6. The summed E-state index contributed by atoms with van der Waals surface area (Å²) in [6, 6.07) is 18.7. The third-order valence-electron chi connectivity index (χ3n) is 4.36. The number of halogens is 2. The quantitative estimate of drug-likeness (QED) is 0.495. The zero-order valence-corrected chi connectivity index (χ0v) is 17.5. The van der Waals surface area contributed by atoms with Gasteiger partial charge in [-0.25, -0.2) is 12.8 Å². The van der Waals surface area contributed by atoms with Crippen LogP contribution >= 0.6 is 11.6 Å². The van der Waals surface area contributed by atoms with E-state index in [1.54, 1.807) is 0 Å². The van der Waals surface area contributed by atoms with Crippen LogP contribution in [0.15, 0.2) is 77.7 Å². The lowest BCUT2D eigenvalue weighted by Crippen LogP contribution is -2.25. The van der Waals surface area contributed by atoms with E-state index in [0.717, 1.165) is 25.0 Å². The third-order valence-corrected chi connectivity index (χ3v) is 6.07. The van der Waals surface area contributed by atoms with Gasteiger partial charge in [0, 0.05) is 12.2 Å². The molecule has 0 heterocycles. The van der Waals surface area contributed by atoms with Crippen LogP contribution in [0.25, 0.3) is 0 Å². The maximum absolute atomic E-state index is 13.0. The van der Waals surface area contributed by atoms with Crippen molar-refractivity contribution in [3.63, 3.8) is 0 Å². The summed E-state index contributed by atoms with van der Waals surface area (Å²) in [5.41, 5.74) is 1.45. The Kier molecular flexibility index (Phi) is 7.07. The first-order chi connectivity index (χ1) is 14.3. The van der Waals surface area contributed by atoms with Gasteiger partial charge >= 0.3 is 0 Å². The zero-order valence-electron chi connectivity index (χ0n) is 15.9. The molecule has 0 saturated heterocycles. The topological polar surface area (TPSA) is 75.3 Å². The minimum absolute atomic E-state index is 0.0679. The summed E-state index contributed by atoms with van der Waals surface area (Å²) >= 11 is 6.11. The summed E-state index contributed by atoms with van der Waals surface area (Å²) in [5.74, 6) is -0.928. The Morgan fingerprint density at radius 2 is 1.67 bits per heavy atom. The first kappa shape index (κ1) is 21.8. The monoisotopic (exact) mass is 446 g/mol. The minimum atomic E-state index is -3.97. The van der Waals surface area contributed by atoms with E-state index >= 15 is 0 Å². The number of rotatable bonds is 8. The molecule has 8 heteroatoms. The Bertz CT molecular complexity index is 1120. The van der Waals surface area contributed by atoms with Gasteiger partial charge in [0.2, 0.25) is 0 Å². The van der Waals surface area contributed by atoms with Crippen LogP contribution in [-0.4, -0.2) is 20.9 Å². The molecular formula is C22H20ClFN2O3S. The van der Waals surface area contributed by atoms with Gasteiger partial charge in [0.1, 0.15) is 5.82 Å². The maximum Gasteiger partial charge on any atom is 0.261 e.